The molecule has 0 radical (unpaired) electrons. The highest BCUT2D eigenvalue weighted by Gasteiger charge is 2.46. The van der Waals surface area contributed by atoms with Crippen LogP contribution in [-0.2, 0) is 15.0 Å². The first-order chi connectivity index (χ1) is 17.0. The van der Waals surface area contributed by atoms with Gasteiger partial charge in [0.1, 0.15) is 11.5 Å². The molecule has 3 rings (SSSR count). The van der Waals surface area contributed by atoms with E-state index in [0.717, 1.165) is 35.5 Å². The van der Waals surface area contributed by atoms with Gasteiger partial charge in [0.15, 0.2) is 0 Å². The number of Topliss-reactive ketones (excluding diaryl/α,β-unsaturated/α-hetero) is 1. The number of aryl methyl sites for hydroxylation is 1. The molecule has 194 valence electrons. The van der Waals surface area contributed by atoms with Crippen LogP contribution in [0.4, 0.5) is 0 Å². The second-order valence-corrected chi connectivity index (χ2v) is 10.3. The van der Waals surface area contributed by atoms with Gasteiger partial charge in [-0.1, -0.05) is 58.9 Å². The molecule has 6 nitrogen and oxygen atoms in total. The van der Waals surface area contributed by atoms with Gasteiger partial charge < -0.3 is 19.6 Å². The molecule has 1 atom stereocenters. The number of nitrogens with zero attached hydrogens (tertiary/aromatic N) is 2. The molecule has 1 heterocycles. The zero-order chi connectivity index (χ0) is 26.6. The molecular weight excluding hydrogens is 452 g/mol. The van der Waals surface area contributed by atoms with Crippen LogP contribution in [0.1, 0.15) is 69.8 Å². The van der Waals surface area contributed by atoms with E-state index in [2.05, 4.69) is 39.5 Å². The van der Waals surface area contributed by atoms with Crippen LogP contribution in [0.25, 0.3) is 5.76 Å². The summed E-state index contributed by atoms with van der Waals surface area (Å²) in [6.45, 7) is 17.7. The summed E-state index contributed by atoms with van der Waals surface area (Å²) in [6, 6.07) is 12.7. The molecule has 1 fully saturated rings. The first-order valence-corrected chi connectivity index (χ1v) is 12.9. The van der Waals surface area contributed by atoms with Crippen molar-refractivity contribution in [1.82, 2.24) is 9.80 Å². The number of hydrogen-bond donors (Lipinski definition) is 1. The Labute approximate surface area is 215 Å². The van der Waals surface area contributed by atoms with Gasteiger partial charge in [0.2, 0.25) is 0 Å². The fourth-order valence-electron chi connectivity index (χ4n) is 4.68. The van der Waals surface area contributed by atoms with E-state index in [1.165, 1.54) is 0 Å². The Morgan fingerprint density at radius 1 is 1.03 bits per heavy atom. The number of amides is 1. The minimum Gasteiger partial charge on any atom is -0.507 e. The summed E-state index contributed by atoms with van der Waals surface area (Å²) in [7, 11) is 0. The van der Waals surface area contributed by atoms with Gasteiger partial charge in [0.05, 0.1) is 18.2 Å². The van der Waals surface area contributed by atoms with Crippen molar-refractivity contribution in [3.63, 3.8) is 0 Å². The molecule has 0 spiro atoms. The smallest absolute Gasteiger partial charge is 0.295 e. The third kappa shape index (κ3) is 5.65. The van der Waals surface area contributed by atoms with Gasteiger partial charge in [0.25, 0.3) is 11.7 Å². The predicted octanol–water partition coefficient (Wildman–Crippen LogP) is 5.45. The van der Waals surface area contributed by atoms with E-state index >= 15 is 0 Å². The van der Waals surface area contributed by atoms with E-state index in [-0.39, 0.29) is 16.7 Å². The average molecular weight is 493 g/mol. The van der Waals surface area contributed by atoms with Crippen molar-refractivity contribution in [3.8, 4) is 5.75 Å². The molecule has 1 saturated heterocycles. The predicted molar refractivity (Wildman–Crippen MR) is 144 cm³/mol. The van der Waals surface area contributed by atoms with Crippen LogP contribution < -0.4 is 4.74 Å². The first kappa shape index (κ1) is 27.5. The summed E-state index contributed by atoms with van der Waals surface area (Å²) in [5.74, 6) is -0.655. The Bertz CT molecular complexity index is 1120. The second kappa shape index (κ2) is 11.3. The minimum atomic E-state index is -0.651. The largest absolute Gasteiger partial charge is 0.507 e. The summed E-state index contributed by atoms with van der Waals surface area (Å²) in [4.78, 5) is 30.4. The van der Waals surface area contributed by atoms with Crippen LogP contribution in [0.2, 0.25) is 0 Å². The summed E-state index contributed by atoms with van der Waals surface area (Å²) < 4.78 is 5.63. The van der Waals surface area contributed by atoms with Gasteiger partial charge in [0, 0.05) is 18.7 Å². The van der Waals surface area contributed by atoms with Crippen LogP contribution >= 0.6 is 0 Å². The molecule has 1 N–H and O–H groups in total. The summed E-state index contributed by atoms with van der Waals surface area (Å²) in [5.41, 5.74) is 3.42. The Balaban J connectivity index is 2.11. The molecule has 6 heteroatoms. The van der Waals surface area contributed by atoms with Crippen molar-refractivity contribution >= 4 is 17.4 Å². The second-order valence-electron chi connectivity index (χ2n) is 10.3. The number of rotatable bonds is 9. The van der Waals surface area contributed by atoms with E-state index < -0.39 is 17.7 Å². The number of hydrogen-bond acceptors (Lipinski definition) is 5. The van der Waals surface area contributed by atoms with Crippen molar-refractivity contribution in [2.75, 3.05) is 32.8 Å². The zero-order valence-electron chi connectivity index (χ0n) is 22.7. The van der Waals surface area contributed by atoms with Crippen molar-refractivity contribution in [2.24, 2.45) is 0 Å². The normalized spacial score (nSPS) is 17.8. The lowest BCUT2D eigenvalue weighted by Gasteiger charge is -2.28. The van der Waals surface area contributed by atoms with Crippen LogP contribution in [0.15, 0.2) is 48.0 Å². The van der Waals surface area contributed by atoms with Gasteiger partial charge in [-0.3, -0.25) is 9.59 Å². The third-order valence-electron chi connectivity index (χ3n) is 6.93. The Morgan fingerprint density at radius 2 is 1.67 bits per heavy atom. The fraction of sp³-hybridized carbons (Fsp3) is 0.467. The van der Waals surface area contributed by atoms with Gasteiger partial charge >= 0.3 is 0 Å². The topological polar surface area (TPSA) is 70.1 Å². The number of aliphatic hydroxyl groups excluding tert-OH is 1. The molecular formula is C30H40N2O4. The summed E-state index contributed by atoms with van der Waals surface area (Å²) >= 11 is 0. The quantitative estimate of drug-likeness (QED) is 0.286. The third-order valence-corrected chi connectivity index (χ3v) is 6.93. The van der Waals surface area contributed by atoms with Crippen molar-refractivity contribution in [1.29, 1.82) is 0 Å². The number of ether oxygens (including phenoxy) is 1. The van der Waals surface area contributed by atoms with E-state index in [1.54, 1.807) is 23.1 Å². The number of carbonyl (C=O) groups excluding carboxylic acids is 2. The van der Waals surface area contributed by atoms with Gasteiger partial charge in [-0.15, -0.1) is 0 Å². The molecule has 0 aromatic heterocycles. The van der Waals surface area contributed by atoms with Crippen molar-refractivity contribution < 1.29 is 19.4 Å². The highest BCUT2D eigenvalue weighted by atomic mass is 16.5. The molecule has 0 unspecified atom stereocenters. The van der Waals surface area contributed by atoms with E-state index in [0.29, 0.717) is 25.3 Å². The lowest BCUT2D eigenvalue weighted by molar-refractivity contribution is -0.140. The van der Waals surface area contributed by atoms with Gasteiger partial charge in [-0.25, -0.2) is 0 Å². The Morgan fingerprint density at radius 3 is 2.19 bits per heavy atom. The van der Waals surface area contributed by atoms with Crippen LogP contribution in [0.3, 0.4) is 0 Å². The highest BCUT2D eigenvalue weighted by molar-refractivity contribution is 6.46. The summed E-state index contributed by atoms with van der Waals surface area (Å²) in [6.07, 6.45) is 0. The molecule has 36 heavy (non-hydrogen) atoms. The molecule has 2 aromatic carbocycles. The lowest BCUT2D eigenvalue weighted by Crippen LogP contribution is -2.38. The maximum atomic E-state index is 13.3. The van der Waals surface area contributed by atoms with Gasteiger partial charge in [-0.05, 0) is 67.2 Å². The molecule has 0 aliphatic carbocycles. The maximum absolute atomic E-state index is 13.3. The number of likely N-dealkylation sites (tertiary alicyclic amines) is 1. The molecule has 2 aromatic rings. The standard InChI is InChI=1S/C30H40N2O4/c1-8-31(9-2)17-18-32-26(21-11-14-23(15-12-21)30(5,6)7)25(28(34)29(32)35)27(33)22-13-16-24(36-10-3)20(4)19-22/h11-16,19,26,33H,8-10,17-18H2,1-7H3/t26-/m0/s1. The Hall–Kier alpha value is -3.12. The van der Waals surface area contributed by atoms with E-state index in [9.17, 15) is 14.7 Å². The van der Waals surface area contributed by atoms with E-state index in [4.69, 9.17) is 4.74 Å². The highest BCUT2D eigenvalue weighted by Crippen LogP contribution is 2.40. The van der Waals surface area contributed by atoms with Crippen LogP contribution in [-0.4, -0.2) is 59.4 Å². The van der Waals surface area contributed by atoms with E-state index in [1.807, 2.05) is 38.1 Å². The lowest BCUT2D eigenvalue weighted by atomic mass is 9.85. The minimum absolute atomic E-state index is 0.0249. The first-order valence-electron chi connectivity index (χ1n) is 12.9. The van der Waals surface area contributed by atoms with Crippen LogP contribution in [0, 0.1) is 6.92 Å². The molecule has 1 amide bonds. The monoisotopic (exact) mass is 492 g/mol. The molecule has 1 aliphatic rings. The molecule has 0 bridgehead atoms. The molecule has 0 saturated carbocycles. The number of carbonyl (C=O) groups is 2. The maximum Gasteiger partial charge on any atom is 0.295 e. The fourth-order valence-corrected chi connectivity index (χ4v) is 4.68. The average Bonchev–Trinajstić information content (AvgIpc) is 3.10. The molecule has 1 aliphatic heterocycles. The number of aliphatic hydroxyl groups is 1. The number of ketones is 1. The zero-order valence-corrected chi connectivity index (χ0v) is 22.7. The number of likely N-dealkylation sites (N-methyl/N-ethyl adjacent to an activating group) is 1. The van der Waals surface area contributed by atoms with Crippen molar-refractivity contribution in [3.05, 3.63) is 70.3 Å². The number of benzene rings is 2. The van der Waals surface area contributed by atoms with Crippen LogP contribution in [0.5, 0.6) is 5.75 Å². The van der Waals surface area contributed by atoms with Crippen molar-refractivity contribution in [2.45, 2.75) is 59.9 Å². The SMILES string of the molecule is CCOc1ccc(C(O)=C2C(=O)C(=O)N(CCN(CC)CC)[C@H]2c2ccc(C(C)(C)C)cc2)cc1C. The summed E-state index contributed by atoms with van der Waals surface area (Å²) in [5, 5.41) is 11.4. The van der Waals surface area contributed by atoms with Gasteiger partial charge in [-0.2, -0.15) is 0 Å². The Kier molecular flexibility index (Phi) is 8.62.